The van der Waals surface area contributed by atoms with Crippen molar-refractivity contribution in [2.45, 2.75) is 12.5 Å². The highest BCUT2D eigenvalue weighted by Crippen LogP contribution is 2.16. The summed E-state index contributed by atoms with van der Waals surface area (Å²) in [5.41, 5.74) is 6.77. The van der Waals surface area contributed by atoms with E-state index < -0.39 is 6.04 Å². The number of nitrogens with two attached hydrogens (primary N) is 1. The maximum Gasteiger partial charge on any atom is 0.244 e. The molecule has 5 nitrogen and oxygen atoms in total. The van der Waals surface area contributed by atoms with Crippen LogP contribution < -0.4 is 5.73 Å². The van der Waals surface area contributed by atoms with E-state index in [9.17, 15) is 4.79 Å². The van der Waals surface area contributed by atoms with E-state index in [1.807, 2.05) is 23.7 Å². The van der Waals surface area contributed by atoms with Crippen LogP contribution in [-0.2, 0) is 11.8 Å². The van der Waals surface area contributed by atoms with Crippen LogP contribution in [0.3, 0.4) is 0 Å². The second-order valence-corrected chi connectivity index (χ2v) is 5.44. The number of nitrogens with zero attached hydrogens (tertiary/aromatic N) is 3. The molecule has 2 N–H and O–H groups in total. The quantitative estimate of drug-likeness (QED) is 0.829. The lowest BCUT2D eigenvalue weighted by atomic mass is 10.1. The minimum Gasteiger partial charge on any atom is -0.340 e. The maximum atomic E-state index is 12.2. The molecule has 1 unspecified atom stereocenters. The van der Waals surface area contributed by atoms with Gasteiger partial charge in [0, 0.05) is 37.7 Å². The van der Waals surface area contributed by atoms with Crippen LogP contribution in [0, 0.1) is 0 Å². The first-order chi connectivity index (χ1) is 8.18. The van der Waals surface area contributed by atoms with E-state index in [4.69, 9.17) is 5.73 Å². The Morgan fingerprint density at radius 3 is 3.06 bits per heavy atom. The van der Waals surface area contributed by atoms with Crippen LogP contribution in [0.4, 0.5) is 0 Å². The zero-order valence-corrected chi connectivity index (χ0v) is 10.8. The summed E-state index contributed by atoms with van der Waals surface area (Å²) in [5.74, 6) is 2.15. The fourth-order valence-electron chi connectivity index (χ4n) is 1.91. The van der Waals surface area contributed by atoms with Gasteiger partial charge >= 0.3 is 0 Å². The highest BCUT2D eigenvalue weighted by atomic mass is 32.2. The van der Waals surface area contributed by atoms with E-state index in [0.29, 0.717) is 0 Å². The monoisotopic (exact) mass is 254 g/mol. The van der Waals surface area contributed by atoms with Crippen molar-refractivity contribution in [3.8, 4) is 0 Å². The minimum absolute atomic E-state index is 0.0144. The largest absolute Gasteiger partial charge is 0.340 e. The molecule has 1 aliphatic rings. The Hall–Kier alpha value is -1.01. The molecule has 1 aromatic rings. The van der Waals surface area contributed by atoms with Gasteiger partial charge in [0.2, 0.25) is 5.91 Å². The first-order valence-corrected chi connectivity index (χ1v) is 6.94. The SMILES string of the molecule is Cn1cc(C(N)C(=O)N2CCCSCC2)cn1. The second kappa shape index (κ2) is 5.55. The number of aryl methyl sites for hydroxylation is 1. The van der Waals surface area contributed by atoms with Gasteiger partial charge < -0.3 is 10.6 Å². The molecule has 0 saturated carbocycles. The van der Waals surface area contributed by atoms with Crippen molar-refractivity contribution in [1.82, 2.24) is 14.7 Å². The fraction of sp³-hybridized carbons (Fsp3) is 0.636. The van der Waals surface area contributed by atoms with E-state index in [1.165, 1.54) is 0 Å². The van der Waals surface area contributed by atoms with E-state index >= 15 is 0 Å². The molecule has 1 aromatic heterocycles. The molecule has 1 fully saturated rings. The zero-order chi connectivity index (χ0) is 12.3. The van der Waals surface area contributed by atoms with Gasteiger partial charge in [-0.15, -0.1) is 0 Å². The molecular formula is C11H18N4OS. The molecular weight excluding hydrogens is 236 g/mol. The minimum atomic E-state index is -0.577. The Labute approximate surface area is 105 Å². The summed E-state index contributed by atoms with van der Waals surface area (Å²) in [5, 5.41) is 4.05. The number of aromatic nitrogens is 2. The van der Waals surface area contributed by atoms with Crippen molar-refractivity contribution in [1.29, 1.82) is 0 Å². The summed E-state index contributed by atoms with van der Waals surface area (Å²) < 4.78 is 1.67. The number of hydrogen-bond acceptors (Lipinski definition) is 4. The Morgan fingerprint density at radius 1 is 1.53 bits per heavy atom. The van der Waals surface area contributed by atoms with Crippen LogP contribution >= 0.6 is 11.8 Å². The molecule has 1 aliphatic heterocycles. The standard InChI is InChI=1S/C11H18N4OS/c1-14-8-9(7-13-14)10(12)11(16)15-3-2-5-17-6-4-15/h7-8,10H,2-6,12H2,1H3. The molecule has 6 heteroatoms. The summed E-state index contributed by atoms with van der Waals surface area (Å²) in [7, 11) is 1.82. The first-order valence-electron chi connectivity index (χ1n) is 5.79. The summed E-state index contributed by atoms with van der Waals surface area (Å²) in [6.07, 6.45) is 4.51. The van der Waals surface area contributed by atoms with Gasteiger partial charge in [0.25, 0.3) is 0 Å². The van der Waals surface area contributed by atoms with Crippen LogP contribution in [0.15, 0.2) is 12.4 Å². The van der Waals surface area contributed by atoms with Crippen LogP contribution in [0.1, 0.15) is 18.0 Å². The van der Waals surface area contributed by atoms with Gasteiger partial charge in [-0.25, -0.2) is 0 Å². The van der Waals surface area contributed by atoms with Crippen molar-refractivity contribution < 1.29 is 4.79 Å². The highest BCUT2D eigenvalue weighted by molar-refractivity contribution is 7.99. The van der Waals surface area contributed by atoms with Crippen molar-refractivity contribution in [3.63, 3.8) is 0 Å². The topological polar surface area (TPSA) is 64.2 Å². The van der Waals surface area contributed by atoms with E-state index in [-0.39, 0.29) is 5.91 Å². The van der Waals surface area contributed by atoms with Crippen molar-refractivity contribution in [2.75, 3.05) is 24.6 Å². The molecule has 0 aromatic carbocycles. The van der Waals surface area contributed by atoms with Gasteiger partial charge in [0.05, 0.1) is 6.20 Å². The third-order valence-corrected chi connectivity index (χ3v) is 3.93. The molecule has 0 aliphatic carbocycles. The van der Waals surface area contributed by atoms with Crippen LogP contribution in [0.5, 0.6) is 0 Å². The van der Waals surface area contributed by atoms with Crippen molar-refractivity contribution in [2.24, 2.45) is 12.8 Å². The number of carbonyl (C=O) groups excluding carboxylic acids is 1. The summed E-state index contributed by atoms with van der Waals surface area (Å²) in [6, 6.07) is -0.577. The van der Waals surface area contributed by atoms with Gasteiger partial charge in [0.1, 0.15) is 6.04 Å². The van der Waals surface area contributed by atoms with Crippen LogP contribution in [-0.4, -0.2) is 45.2 Å². The van der Waals surface area contributed by atoms with E-state index in [0.717, 1.165) is 36.6 Å². The average molecular weight is 254 g/mol. The number of amides is 1. The first kappa shape index (κ1) is 12.4. The molecule has 0 spiro atoms. The molecule has 0 radical (unpaired) electrons. The molecule has 2 heterocycles. The second-order valence-electron chi connectivity index (χ2n) is 4.22. The maximum absolute atomic E-state index is 12.2. The summed E-state index contributed by atoms with van der Waals surface area (Å²) in [4.78, 5) is 14.1. The molecule has 1 atom stereocenters. The Bertz CT molecular complexity index is 385. The predicted octanol–water partition coefficient (Wildman–Crippen LogP) is 0.385. The Kier molecular flexibility index (Phi) is 4.06. The smallest absolute Gasteiger partial charge is 0.244 e. The molecule has 1 saturated heterocycles. The van der Waals surface area contributed by atoms with Crippen molar-refractivity contribution >= 4 is 17.7 Å². The highest BCUT2D eigenvalue weighted by Gasteiger charge is 2.24. The van der Waals surface area contributed by atoms with Gasteiger partial charge in [-0.05, 0) is 12.2 Å². The van der Waals surface area contributed by atoms with E-state index in [2.05, 4.69) is 5.10 Å². The molecule has 1 amide bonds. The average Bonchev–Trinajstić information content (AvgIpc) is 2.60. The third-order valence-electron chi connectivity index (χ3n) is 2.88. The zero-order valence-electron chi connectivity index (χ0n) is 10.0. The molecule has 2 rings (SSSR count). The fourth-order valence-corrected chi connectivity index (χ4v) is 2.79. The third kappa shape index (κ3) is 3.01. The lowest BCUT2D eigenvalue weighted by Crippen LogP contribution is -2.39. The van der Waals surface area contributed by atoms with Crippen LogP contribution in [0.2, 0.25) is 0 Å². The Balaban J connectivity index is 2.03. The lowest BCUT2D eigenvalue weighted by Gasteiger charge is -2.23. The van der Waals surface area contributed by atoms with E-state index in [1.54, 1.807) is 17.1 Å². The van der Waals surface area contributed by atoms with Crippen LogP contribution in [0.25, 0.3) is 0 Å². The number of rotatable bonds is 2. The summed E-state index contributed by atoms with van der Waals surface area (Å²) >= 11 is 1.90. The summed E-state index contributed by atoms with van der Waals surface area (Å²) in [6.45, 7) is 1.62. The van der Waals surface area contributed by atoms with Crippen molar-refractivity contribution in [3.05, 3.63) is 18.0 Å². The predicted molar refractivity (Wildman–Crippen MR) is 68.7 cm³/mol. The number of hydrogen-bond donors (Lipinski definition) is 1. The normalized spacial score (nSPS) is 18.8. The lowest BCUT2D eigenvalue weighted by molar-refractivity contribution is -0.132. The molecule has 17 heavy (non-hydrogen) atoms. The Morgan fingerprint density at radius 2 is 2.35 bits per heavy atom. The molecule has 94 valence electrons. The van der Waals surface area contributed by atoms with Gasteiger partial charge in [-0.1, -0.05) is 0 Å². The van der Waals surface area contributed by atoms with Gasteiger partial charge in [-0.2, -0.15) is 16.9 Å². The number of carbonyl (C=O) groups is 1. The van der Waals surface area contributed by atoms with Gasteiger partial charge in [0.15, 0.2) is 0 Å². The van der Waals surface area contributed by atoms with Gasteiger partial charge in [-0.3, -0.25) is 9.48 Å². The molecule has 0 bridgehead atoms. The number of thioether (sulfide) groups is 1.